The molecular weight excluding hydrogens is 466 g/mol. The first-order chi connectivity index (χ1) is 16.6. The molecule has 0 aliphatic carbocycles. The van der Waals surface area contributed by atoms with Crippen molar-refractivity contribution in [2.75, 3.05) is 48.4 Å². The van der Waals surface area contributed by atoms with Crippen LogP contribution in [0.5, 0.6) is 0 Å². The number of hydrogen-bond acceptors (Lipinski definition) is 7. The quantitative estimate of drug-likeness (QED) is 0.486. The SMILES string of the molecule is Cc1cccc(-n2c(SCC(=O)N3CC[C@H](C)Sc4ccccc43)nnc2N2CCOCC2)c1. The average Bonchev–Trinajstić information content (AvgIpc) is 3.20. The third-order valence-corrected chi connectivity index (χ3v) is 8.19. The van der Waals surface area contributed by atoms with Crippen LogP contribution < -0.4 is 9.80 Å². The summed E-state index contributed by atoms with van der Waals surface area (Å²) in [6, 6.07) is 16.5. The van der Waals surface area contributed by atoms with E-state index in [1.54, 1.807) is 0 Å². The zero-order chi connectivity index (χ0) is 23.5. The Morgan fingerprint density at radius 1 is 1.12 bits per heavy atom. The number of carbonyl (C=O) groups excluding carboxylic acids is 1. The van der Waals surface area contributed by atoms with Gasteiger partial charge in [0.1, 0.15) is 0 Å². The van der Waals surface area contributed by atoms with Gasteiger partial charge in [0.05, 0.1) is 30.3 Å². The van der Waals surface area contributed by atoms with Gasteiger partial charge < -0.3 is 14.5 Å². The summed E-state index contributed by atoms with van der Waals surface area (Å²) in [6.45, 7) is 7.92. The molecule has 3 heterocycles. The van der Waals surface area contributed by atoms with E-state index in [0.717, 1.165) is 48.5 Å². The number of benzene rings is 2. The van der Waals surface area contributed by atoms with Gasteiger partial charge in [-0.25, -0.2) is 0 Å². The van der Waals surface area contributed by atoms with E-state index in [1.807, 2.05) is 34.9 Å². The number of rotatable bonds is 5. The van der Waals surface area contributed by atoms with Gasteiger partial charge in [0.15, 0.2) is 5.16 Å². The van der Waals surface area contributed by atoms with Gasteiger partial charge in [0.25, 0.3) is 0 Å². The topological polar surface area (TPSA) is 63.5 Å². The summed E-state index contributed by atoms with van der Waals surface area (Å²) in [7, 11) is 0. The smallest absolute Gasteiger partial charge is 0.237 e. The highest BCUT2D eigenvalue weighted by Gasteiger charge is 2.26. The number of aryl methyl sites for hydroxylation is 1. The van der Waals surface area contributed by atoms with Crippen LogP contribution in [0.1, 0.15) is 18.9 Å². The van der Waals surface area contributed by atoms with Gasteiger partial charge >= 0.3 is 0 Å². The Morgan fingerprint density at radius 2 is 1.94 bits per heavy atom. The lowest BCUT2D eigenvalue weighted by Crippen LogP contribution is -2.38. The van der Waals surface area contributed by atoms with Gasteiger partial charge in [0, 0.05) is 29.8 Å². The van der Waals surface area contributed by atoms with Crippen molar-refractivity contribution in [3.63, 3.8) is 0 Å². The van der Waals surface area contributed by atoms with Crippen molar-refractivity contribution in [2.45, 2.75) is 35.6 Å². The number of para-hydroxylation sites is 1. The van der Waals surface area contributed by atoms with Crippen LogP contribution in [-0.4, -0.2) is 64.5 Å². The van der Waals surface area contributed by atoms with Crippen LogP contribution in [0.4, 0.5) is 11.6 Å². The Labute approximate surface area is 208 Å². The number of anilines is 2. The summed E-state index contributed by atoms with van der Waals surface area (Å²) in [4.78, 5) is 18.7. The third kappa shape index (κ3) is 4.96. The van der Waals surface area contributed by atoms with Crippen molar-refractivity contribution in [3.8, 4) is 5.69 Å². The Bertz CT molecular complexity index is 1160. The van der Waals surface area contributed by atoms with Crippen LogP contribution >= 0.6 is 23.5 Å². The molecule has 0 radical (unpaired) electrons. The Morgan fingerprint density at radius 3 is 2.76 bits per heavy atom. The maximum atomic E-state index is 13.4. The minimum absolute atomic E-state index is 0.0962. The molecule has 9 heteroatoms. The molecule has 2 aliphatic rings. The highest BCUT2D eigenvalue weighted by Crippen LogP contribution is 2.38. The van der Waals surface area contributed by atoms with Gasteiger partial charge in [-0.1, -0.05) is 43.0 Å². The van der Waals surface area contributed by atoms with E-state index < -0.39 is 0 Å². The summed E-state index contributed by atoms with van der Waals surface area (Å²) in [5, 5.41) is 10.2. The van der Waals surface area contributed by atoms with Crippen LogP contribution in [0.3, 0.4) is 0 Å². The van der Waals surface area contributed by atoms with E-state index in [-0.39, 0.29) is 5.91 Å². The molecular formula is C25H29N5O2S2. The Balaban J connectivity index is 1.40. The number of aromatic nitrogens is 3. The molecule has 0 bridgehead atoms. The van der Waals surface area contributed by atoms with E-state index in [4.69, 9.17) is 4.74 Å². The first-order valence-electron chi connectivity index (χ1n) is 11.6. The highest BCUT2D eigenvalue weighted by molar-refractivity contribution is 8.00. The lowest BCUT2D eigenvalue weighted by molar-refractivity contribution is -0.116. The zero-order valence-electron chi connectivity index (χ0n) is 19.5. The summed E-state index contributed by atoms with van der Waals surface area (Å²) in [6.07, 6.45) is 0.969. The zero-order valence-corrected chi connectivity index (χ0v) is 21.1. The number of ether oxygens (including phenoxy) is 1. The third-order valence-electron chi connectivity index (χ3n) is 6.04. The Hall–Kier alpha value is -2.49. The van der Waals surface area contributed by atoms with Crippen LogP contribution in [0.25, 0.3) is 5.69 Å². The second kappa shape index (κ2) is 10.4. The Kier molecular flexibility index (Phi) is 7.12. The maximum Gasteiger partial charge on any atom is 0.237 e. The van der Waals surface area contributed by atoms with E-state index in [0.29, 0.717) is 24.2 Å². The number of nitrogens with zero attached hydrogens (tertiary/aromatic N) is 5. The van der Waals surface area contributed by atoms with E-state index in [2.05, 4.69) is 63.8 Å². The van der Waals surface area contributed by atoms with Crippen molar-refractivity contribution in [1.82, 2.24) is 14.8 Å². The highest BCUT2D eigenvalue weighted by atomic mass is 32.2. The molecule has 0 spiro atoms. The molecule has 34 heavy (non-hydrogen) atoms. The average molecular weight is 496 g/mol. The molecule has 2 aliphatic heterocycles. The minimum atomic E-state index is 0.0962. The van der Waals surface area contributed by atoms with E-state index in [1.165, 1.54) is 22.2 Å². The van der Waals surface area contributed by atoms with E-state index in [9.17, 15) is 4.79 Å². The monoisotopic (exact) mass is 495 g/mol. The largest absolute Gasteiger partial charge is 0.378 e. The molecule has 0 unspecified atom stereocenters. The summed E-state index contributed by atoms with van der Waals surface area (Å²) >= 11 is 3.30. The molecule has 178 valence electrons. The van der Waals surface area contributed by atoms with Crippen molar-refractivity contribution in [1.29, 1.82) is 0 Å². The number of thioether (sulfide) groups is 2. The predicted octanol–water partition coefficient (Wildman–Crippen LogP) is 4.42. The fraction of sp³-hybridized carbons (Fsp3) is 0.400. The molecule has 1 atom stereocenters. The lowest BCUT2D eigenvalue weighted by Gasteiger charge is -2.28. The van der Waals surface area contributed by atoms with E-state index >= 15 is 0 Å². The molecule has 2 aromatic carbocycles. The molecule has 0 N–H and O–H groups in total. The fourth-order valence-electron chi connectivity index (χ4n) is 4.27. The van der Waals surface area contributed by atoms with Gasteiger partial charge in [-0.05, 0) is 43.2 Å². The van der Waals surface area contributed by atoms with Crippen molar-refractivity contribution in [3.05, 3.63) is 54.1 Å². The maximum absolute atomic E-state index is 13.4. The molecule has 1 saturated heterocycles. The van der Waals surface area contributed by atoms with Crippen molar-refractivity contribution < 1.29 is 9.53 Å². The predicted molar refractivity (Wildman–Crippen MR) is 139 cm³/mol. The summed E-state index contributed by atoms with van der Waals surface area (Å²) < 4.78 is 7.60. The van der Waals surface area contributed by atoms with Gasteiger partial charge in [-0.2, -0.15) is 0 Å². The molecule has 1 amide bonds. The van der Waals surface area contributed by atoms with Crippen molar-refractivity contribution in [2.24, 2.45) is 0 Å². The summed E-state index contributed by atoms with van der Waals surface area (Å²) in [5.41, 5.74) is 3.18. The molecule has 5 rings (SSSR count). The molecule has 3 aromatic rings. The second-order valence-corrected chi connectivity index (χ2v) is 11.0. The standard InChI is InChI=1S/C25H29N5O2S2/c1-18-6-5-7-20(16-18)30-24(28-12-14-32-15-13-28)26-27-25(30)33-17-23(31)29-11-10-19(2)34-22-9-4-3-8-21(22)29/h3-9,16,19H,10-15,17H2,1-2H3/t19-/m0/s1. The van der Waals surface area contributed by atoms with Gasteiger partial charge in [-0.15, -0.1) is 22.0 Å². The van der Waals surface area contributed by atoms with Crippen LogP contribution in [0.15, 0.2) is 58.6 Å². The second-order valence-electron chi connectivity index (χ2n) is 8.58. The molecule has 0 saturated carbocycles. The number of morpholine rings is 1. The number of amides is 1. The van der Waals surface area contributed by atoms with Gasteiger partial charge in [0.2, 0.25) is 11.9 Å². The fourth-order valence-corrected chi connectivity index (χ4v) is 6.20. The minimum Gasteiger partial charge on any atom is -0.378 e. The normalized spacial score (nSPS) is 18.5. The first-order valence-corrected chi connectivity index (χ1v) is 13.5. The van der Waals surface area contributed by atoms with Crippen LogP contribution in [0.2, 0.25) is 0 Å². The number of carbonyl (C=O) groups is 1. The van der Waals surface area contributed by atoms with Crippen LogP contribution in [-0.2, 0) is 9.53 Å². The molecule has 7 nitrogen and oxygen atoms in total. The number of hydrogen-bond donors (Lipinski definition) is 0. The molecule has 1 fully saturated rings. The summed E-state index contributed by atoms with van der Waals surface area (Å²) in [5.74, 6) is 1.20. The van der Waals surface area contributed by atoms with Crippen LogP contribution in [0, 0.1) is 6.92 Å². The van der Waals surface area contributed by atoms with Gasteiger partial charge in [-0.3, -0.25) is 9.36 Å². The lowest BCUT2D eigenvalue weighted by atomic mass is 10.2. The number of fused-ring (bicyclic) bond motifs is 1. The first kappa shape index (κ1) is 23.3. The van der Waals surface area contributed by atoms with Crippen molar-refractivity contribution >= 4 is 41.1 Å². The molecule has 1 aromatic heterocycles.